The molecule has 0 aliphatic carbocycles. The van der Waals surface area contributed by atoms with Crippen LogP contribution in [0.5, 0.6) is 5.75 Å². The van der Waals surface area contributed by atoms with Gasteiger partial charge in [-0.1, -0.05) is 55.0 Å². The molecule has 0 bridgehead atoms. The lowest BCUT2D eigenvalue weighted by Crippen LogP contribution is -2.07. The minimum absolute atomic E-state index is 0.144. The number of benzene rings is 2. The van der Waals surface area contributed by atoms with E-state index in [2.05, 4.69) is 41.4 Å². The summed E-state index contributed by atoms with van der Waals surface area (Å²) in [5.41, 5.74) is 3.88. The van der Waals surface area contributed by atoms with Gasteiger partial charge in [0, 0.05) is 12.6 Å². The standard InChI is InChI=1S/C36H45NO5/c1-3-40-35(38)19-11-10-17-30(28-31-20-23-32(24-21-31)36(39)41-4-2)22-25-33-34(18-13-26-37-33)42-27-12-6-9-16-29-14-7-5-8-15-29/h5,7-8,13-15,18,20-26,30H,3-4,6,9-12,16-17,19,27-28H2,1-2H3. The van der Waals surface area contributed by atoms with Gasteiger partial charge in [0.1, 0.15) is 11.4 Å². The molecule has 0 aliphatic heterocycles. The average molecular weight is 572 g/mol. The Morgan fingerprint density at radius 3 is 2.36 bits per heavy atom. The molecule has 1 heterocycles. The van der Waals surface area contributed by atoms with Crippen molar-refractivity contribution in [3.63, 3.8) is 0 Å². The first-order valence-electron chi connectivity index (χ1n) is 15.3. The maximum atomic E-state index is 12.0. The van der Waals surface area contributed by atoms with Gasteiger partial charge in [-0.05, 0) is 106 Å². The summed E-state index contributed by atoms with van der Waals surface area (Å²) in [5.74, 6) is 0.568. The highest BCUT2D eigenvalue weighted by Gasteiger charge is 2.11. The molecule has 0 spiro atoms. The van der Waals surface area contributed by atoms with Crippen molar-refractivity contribution in [2.45, 2.75) is 71.6 Å². The quantitative estimate of drug-likeness (QED) is 0.107. The number of ether oxygens (including phenoxy) is 3. The monoisotopic (exact) mass is 571 g/mol. The van der Waals surface area contributed by atoms with Gasteiger partial charge in [0.2, 0.25) is 0 Å². The molecule has 1 aromatic heterocycles. The van der Waals surface area contributed by atoms with E-state index in [4.69, 9.17) is 14.2 Å². The minimum Gasteiger partial charge on any atom is -0.491 e. The number of hydrogen-bond acceptors (Lipinski definition) is 6. The molecule has 0 N–H and O–H groups in total. The first-order chi connectivity index (χ1) is 20.6. The lowest BCUT2D eigenvalue weighted by molar-refractivity contribution is -0.143. The van der Waals surface area contributed by atoms with Crippen LogP contribution in [0.1, 0.15) is 86.0 Å². The van der Waals surface area contributed by atoms with Crippen LogP contribution in [0, 0.1) is 5.92 Å². The molecule has 1 unspecified atom stereocenters. The lowest BCUT2D eigenvalue weighted by Gasteiger charge is -2.14. The smallest absolute Gasteiger partial charge is 0.338 e. The number of carbonyl (C=O) groups excluding carboxylic acids is 2. The molecule has 224 valence electrons. The van der Waals surface area contributed by atoms with Gasteiger partial charge in [-0.15, -0.1) is 0 Å². The predicted molar refractivity (Wildman–Crippen MR) is 167 cm³/mol. The number of carbonyl (C=O) groups is 2. The normalized spacial score (nSPS) is 11.8. The third kappa shape index (κ3) is 12.3. The zero-order valence-electron chi connectivity index (χ0n) is 25.1. The maximum Gasteiger partial charge on any atom is 0.338 e. The summed E-state index contributed by atoms with van der Waals surface area (Å²) in [6, 6.07) is 22.1. The van der Waals surface area contributed by atoms with E-state index in [1.54, 1.807) is 13.1 Å². The second-order valence-corrected chi connectivity index (χ2v) is 10.3. The molecule has 3 rings (SSSR count). The van der Waals surface area contributed by atoms with Gasteiger partial charge in [-0.3, -0.25) is 9.78 Å². The van der Waals surface area contributed by atoms with Crippen molar-refractivity contribution in [2.75, 3.05) is 19.8 Å². The number of pyridine rings is 1. The number of nitrogens with zero attached hydrogens (tertiary/aromatic N) is 1. The number of hydrogen-bond donors (Lipinski definition) is 0. The fraction of sp³-hybridized carbons (Fsp3) is 0.417. The van der Waals surface area contributed by atoms with E-state index in [1.807, 2.05) is 49.4 Å². The van der Waals surface area contributed by atoms with E-state index in [0.29, 0.717) is 31.8 Å². The molecule has 3 aromatic rings. The van der Waals surface area contributed by atoms with Gasteiger partial charge < -0.3 is 14.2 Å². The van der Waals surface area contributed by atoms with Gasteiger partial charge in [-0.2, -0.15) is 0 Å². The third-order valence-corrected chi connectivity index (χ3v) is 7.01. The summed E-state index contributed by atoms with van der Waals surface area (Å²) < 4.78 is 16.3. The molecular weight excluding hydrogens is 526 g/mol. The molecule has 0 saturated carbocycles. The van der Waals surface area contributed by atoms with Crippen LogP contribution in [-0.4, -0.2) is 36.7 Å². The van der Waals surface area contributed by atoms with Crippen LogP contribution in [0.15, 0.2) is 79.0 Å². The molecule has 0 aliphatic rings. The molecule has 0 saturated heterocycles. The molecule has 6 heteroatoms. The summed E-state index contributed by atoms with van der Waals surface area (Å²) in [7, 11) is 0. The Morgan fingerprint density at radius 1 is 0.810 bits per heavy atom. The fourth-order valence-electron chi connectivity index (χ4n) is 4.78. The Kier molecular flexibility index (Phi) is 14.9. The number of aromatic nitrogens is 1. The Balaban J connectivity index is 1.57. The van der Waals surface area contributed by atoms with Crippen LogP contribution in [0.2, 0.25) is 0 Å². The molecule has 1 atom stereocenters. The number of aryl methyl sites for hydroxylation is 1. The van der Waals surface area contributed by atoms with E-state index < -0.39 is 0 Å². The molecule has 0 radical (unpaired) electrons. The SMILES string of the molecule is CCOC(=O)CCCCC(C=Cc1ncccc1OCCCCCc1ccccc1)Cc1ccc(C(=O)OCC)cc1. The number of rotatable bonds is 19. The highest BCUT2D eigenvalue weighted by molar-refractivity contribution is 5.89. The number of esters is 2. The van der Waals surface area contributed by atoms with E-state index in [1.165, 1.54) is 5.56 Å². The molecule has 0 amide bonds. The van der Waals surface area contributed by atoms with Crippen molar-refractivity contribution in [3.05, 3.63) is 101 Å². The maximum absolute atomic E-state index is 12.0. The molecule has 2 aromatic carbocycles. The highest BCUT2D eigenvalue weighted by Crippen LogP contribution is 2.23. The molecular formula is C36H45NO5. The van der Waals surface area contributed by atoms with Crippen LogP contribution in [0.25, 0.3) is 6.08 Å². The molecule has 0 fully saturated rings. The predicted octanol–water partition coefficient (Wildman–Crippen LogP) is 8.05. The van der Waals surface area contributed by atoms with Crippen LogP contribution >= 0.6 is 0 Å². The van der Waals surface area contributed by atoms with Crippen LogP contribution in [0.3, 0.4) is 0 Å². The zero-order valence-corrected chi connectivity index (χ0v) is 25.1. The van der Waals surface area contributed by atoms with Crippen molar-refractivity contribution in [3.8, 4) is 5.75 Å². The number of allylic oxidation sites excluding steroid dienone is 1. The van der Waals surface area contributed by atoms with Crippen LogP contribution < -0.4 is 4.74 Å². The Bertz CT molecular complexity index is 1220. The largest absolute Gasteiger partial charge is 0.491 e. The first kappa shape index (κ1) is 32.6. The summed E-state index contributed by atoms with van der Waals surface area (Å²) in [6.07, 6.45) is 14.2. The van der Waals surface area contributed by atoms with Crippen molar-refractivity contribution in [1.82, 2.24) is 4.98 Å². The van der Waals surface area contributed by atoms with Crippen molar-refractivity contribution in [1.29, 1.82) is 0 Å². The lowest BCUT2D eigenvalue weighted by atomic mass is 9.92. The van der Waals surface area contributed by atoms with Gasteiger partial charge in [-0.25, -0.2) is 4.79 Å². The third-order valence-electron chi connectivity index (χ3n) is 7.01. The Morgan fingerprint density at radius 2 is 1.60 bits per heavy atom. The Labute approximate surface area is 251 Å². The average Bonchev–Trinajstić information content (AvgIpc) is 3.01. The summed E-state index contributed by atoms with van der Waals surface area (Å²) in [6.45, 7) is 5.05. The second kappa shape index (κ2) is 19.2. The van der Waals surface area contributed by atoms with E-state index in [9.17, 15) is 9.59 Å². The van der Waals surface area contributed by atoms with E-state index in [-0.39, 0.29) is 17.9 Å². The topological polar surface area (TPSA) is 74.7 Å². The Hall–Kier alpha value is -3.93. The van der Waals surface area contributed by atoms with Gasteiger partial charge >= 0.3 is 11.9 Å². The number of unbranched alkanes of at least 4 members (excludes halogenated alkanes) is 3. The first-order valence-corrected chi connectivity index (χ1v) is 15.3. The summed E-state index contributed by atoms with van der Waals surface area (Å²) in [4.78, 5) is 28.4. The van der Waals surface area contributed by atoms with Crippen LogP contribution in [0.4, 0.5) is 0 Å². The van der Waals surface area contributed by atoms with Gasteiger partial charge in [0.05, 0.1) is 25.4 Å². The van der Waals surface area contributed by atoms with Crippen molar-refractivity contribution in [2.24, 2.45) is 5.92 Å². The summed E-state index contributed by atoms with van der Waals surface area (Å²) in [5, 5.41) is 0. The molecule has 42 heavy (non-hydrogen) atoms. The van der Waals surface area contributed by atoms with Gasteiger partial charge in [0.15, 0.2) is 0 Å². The second-order valence-electron chi connectivity index (χ2n) is 10.3. The van der Waals surface area contributed by atoms with Gasteiger partial charge in [0.25, 0.3) is 0 Å². The van der Waals surface area contributed by atoms with Crippen molar-refractivity contribution < 1.29 is 23.8 Å². The minimum atomic E-state index is -0.307. The molecule has 6 nitrogen and oxygen atoms in total. The fourth-order valence-corrected chi connectivity index (χ4v) is 4.78. The van der Waals surface area contributed by atoms with Crippen LogP contribution in [-0.2, 0) is 27.1 Å². The zero-order chi connectivity index (χ0) is 29.8. The highest BCUT2D eigenvalue weighted by atomic mass is 16.5. The van der Waals surface area contributed by atoms with E-state index in [0.717, 1.165) is 68.4 Å². The van der Waals surface area contributed by atoms with Crippen molar-refractivity contribution >= 4 is 18.0 Å². The summed E-state index contributed by atoms with van der Waals surface area (Å²) >= 11 is 0. The van der Waals surface area contributed by atoms with E-state index >= 15 is 0 Å².